The highest BCUT2D eigenvalue weighted by Crippen LogP contribution is 2.34. The topological polar surface area (TPSA) is 0 Å². The zero-order valence-corrected chi connectivity index (χ0v) is 19.0. The van der Waals surface area contributed by atoms with E-state index in [-0.39, 0.29) is 0 Å². The number of rotatable bonds is 6. The van der Waals surface area contributed by atoms with Gasteiger partial charge in [0, 0.05) is 0 Å². The molecule has 34 heavy (non-hydrogen) atoms. The van der Waals surface area contributed by atoms with Crippen molar-refractivity contribution in [2.45, 2.75) is 0 Å². The minimum atomic E-state index is 1.19. The Morgan fingerprint density at radius 2 is 0.647 bits per heavy atom. The van der Waals surface area contributed by atoms with Crippen LogP contribution in [0.4, 0.5) is 0 Å². The zero-order valence-electron chi connectivity index (χ0n) is 19.0. The van der Waals surface area contributed by atoms with Gasteiger partial charge in [0.1, 0.15) is 0 Å². The summed E-state index contributed by atoms with van der Waals surface area (Å²) in [5, 5.41) is 0. The lowest BCUT2D eigenvalue weighted by atomic mass is 9.90. The molecular formula is C34H26. The number of hydrogen-bond donors (Lipinski definition) is 0. The van der Waals surface area contributed by atoms with Crippen LogP contribution in [0.5, 0.6) is 0 Å². The van der Waals surface area contributed by atoms with E-state index >= 15 is 0 Å². The highest BCUT2D eigenvalue weighted by molar-refractivity contribution is 5.90. The lowest BCUT2D eigenvalue weighted by Gasteiger charge is -2.14. The maximum absolute atomic E-state index is 2.32. The van der Waals surface area contributed by atoms with E-state index in [0.29, 0.717) is 0 Å². The number of hydrogen-bond acceptors (Lipinski definition) is 0. The van der Waals surface area contributed by atoms with Crippen molar-refractivity contribution in [3.63, 3.8) is 0 Å². The van der Waals surface area contributed by atoms with Crippen LogP contribution < -0.4 is 0 Å². The second-order valence-electron chi connectivity index (χ2n) is 8.25. The third-order valence-corrected chi connectivity index (χ3v) is 5.90. The van der Waals surface area contributed by atoms with E-state index < -0.39 is 0 Å². The summed E-state index contributed by atoms with van der Waals surface area (Å²) in [5.41, 5.74) is 9.65. The summed E-state index contributed by atoms with van der Waals surface area (Å²) in [6, 6.07) is 46.8. The van der Waals surface area contributed by atoms with Gasteiger partial charge in [0.2, 0.25) is 0 Å². The largest absolute Gasteiger partial charge is 0.0622 e. The Hall–Kier alpha value is -4.42. The molecule has 5 aromatic rings. The van der Waals surface area contributed by atoms with Gasteiger partial charge in [-0.2, -0.15) is 0 Å². The fraction of sp³-hybridized carbons (Fsp3) is 0. The molecule has 0 aliphatic heterocycles. The molecule has 0 amide bonds. The van der Waals surface area contributed by atoms with E-state index in [2.05, 4.69) is 146 Å². The molecule has 0 aliphatic carbocycles. The fourth-order valence-electron chi connectivity index (χ4n) is 4.14. The van der Waals surface area contributed by atoms with Crippen LogP contribution in [0, 0.1) is 0 Å². The second kappa shape index (κ2) is 10.5. The van der Waals surface area contributed by atoms with Crippen molar-refractivity contribution >= 4 is 24.3 Å². The highest BCUT2D eigenvalue weighted by atomic mass is 14.1. The van der Waals surface area contributed by atoms with Crippen molar-refractivity contribution in [3.05, 3.63) is 156 Å². The lowest BCUT2D eigenvalue weighted by Crippen LogP contribution is -1.91. The molecule has 0 unspecified atom stereocenters. The molecule has 0 atom stereocenters. The Balaban J connectivity index is 1.69. The van der Waals surface area contributed by atoms with Crippen LogP contribution in [0.3, 0.4) is 0 Å². The molecule has 0 heterocycles. The van der Waals surface area contributed by atoms with Gasteiger partial charge in [-0.25, -0.2) is 0 Å². The summed E-state index contributed by atoms with van der Waals surface area (Å²) in [4.78, 5) is 0. The predicted molar refractivity (Wildman–Crippen MR) is 148 cm³/mol. The van der Waals surface area contributed by atoms with Crippen LogP contribution in [-0.2, 0) is 0 Å². The lowest BCUT2D eigenvalue weighted by molar-refractivity contribution is 1.54. The Morgan fingerprint density at radius 1 is 0.324 bits per heavy atom. The predicted octanol–water partition coefficient (Wildman–Crippen LogP) is 9.36. The third kappa shape index (κ3) is 5.14. The molecule has 5 aromatic carbocycles. The highest BCUT2D eigenvalue weighted by Gasteiger charge is 2.11. The molecule has 5 rings (SSSR count). The molecule has 0 saturated carbocycles. The van der Waals surface area contributed by atoms with Gasteiger partial charge in [-0.1, -0.05) is 146 Å². The molecule has 162 valence electrons. The van der Waals surface area contributed by atoms with E-state index in [4.69, 9.17) is 0 Å². The molecule has 0 nitrogen and oxygen atoms in total. The average molecular weight is 435 g/mol. The van der Waals surface area contributed by atoms with Crippen LogP contribution in [0.25, 0.3) is 46.6 Å². The van der Waals surface area contributed by atoms with Gasteiger partial charge >= 0.3 is 0 Å². The molecule has 0 bridgehead atoms. The Morgan fingerprint density at radius 3 is 1.00 bits per heavy atom. The van der Waals surface area contributed by atoms with Crippen LogP contribution in [-0.4, -0.2) is 0 Å². The van der Waals surface area contributed by atoms with Gasteiger partial charge in [0.25, 0.3) is 0 Å². The first-order chi connectivity index (χ1) is 16.9. The van der Waals surface area contributed by atoms with Crippen molar-refractivity contribution in [2.24, 2.45) is 0 Å². The molecule has 0 heteroatoms. The molecule has 0 spiro atoms. The van der Waals surface area contributed by atoms with Crippen LogP contribution in [0.15, 0.2) is 133 Å². The van der Waals surface area contributed by atoms with Crippen molar-refractivity contribution < 1.29 is 0 Å². The van der Waals surface area contributed by atoms with Crippen LogP contribution in [0.1, 0.15) is 22.3 Å². The maximum atomic E-state index is 2.32. The SMILES string of the molecule is C(=Cc1cc(-c2ccccc2)c(/C=C/c2ccccc2)cc1-c1ccccc1)c1ccccc1. The first-order valence-corrected chi connectivity index (χ1v) is 11.6. The van der Waals surface area contributed by atoms with E-state index in [9.17, 15) is 0 Å². The second-order valence-corrected chi connectivity index (χ2v) is 8.25. The summed E-state index contributed by atoms with van der Waals surface area (Å²) < 4.78 is 0. The summed E-state index contributed by atoms with van der Waals surface area (Å²) in [7, 11) is 0. The van der Waals surface area contributed by atoms with Crippen molar-refractivity contribution in [1.29, 1.82) is 0 Å². The van der Waals surface area contributed by atoms with Gasteiger partial charge in [-0.15, -0.1) is 0 Å². The minimum Gasteiger partial charge on any atom is -0.0622 e. The standard InChI is InChI=1S/C34H26/c1-5-13-27(14-6-1)21-23-31-25-34(30-19-11-4-12-20-30)32(24-22-28-15-7-2-8-16-28)26-33(31)29-17-9-3-10-18-29/h1-26H/b23-21+,24-22?. The van der Waals surface area contributed by atoms with Crippen LogP contribution in [0.2, 0.25) is 0 Å². The van der Waals surface area contributed by atoms with Gasteiger partial charge in [-0.3, -0.25) is 0 Å². The van der Waals surface area contributed by atoms with Gasteiger partial charge < -0.3 is 0 Å². The van der Waals surface area contributed by atoms with E-state index in [1.54, 1.807) is 0 Å². The van der Waals surface area contributed by atoms with E-state index in [0.717, 1.165) is 0 Å². The first-order valence-electron chi connectivity index (χ1n) is 11.6. The summed E-state index contributed by atoms with van der Waals surface area (Å²) in [6.07, 6.45) is 8.84. The quantitative estimate of drug-likeness (QED) is 0.234. The van der Waals surface area contributed by atoms with E-state index in [1.165, 1.54) is 44.5 Å². The maximum Gasteiger partial charge on any atom is -0.0105 e. The first kappa shape index (κ1) is 21.4. The smallest absolute Gasteiger partial charge is 0.0105 e. The molecule has 0 saturated heterocycles. The van der Waals surface area contributed by atoms with Crippen molar-refractivity contribution in [1.82, 2.24) is 0 Å². The van der Waals surface area contributed by atoms with Gasteiger partial charge in [0.15, 0.2) is 0 Å². The summed E-state index contributed by atoms with van der Waals surface area (Å²) in [5.74, 6) is 0. The Bertz CT molecular complexity index is 1280. The molecule has 0 N–H and O–H groups in total. The summed E-state index contributed by atoms with van der Waals surface area (Å²) in [6.45, 7) is 0. The van der Waals surface area contributed by atoms with Crippen molar-refractivity contribution in [2.75, 3.05) is 0 Å². The van der Waals surface area contributed by atoms with Gasteiger partial charge in [0.05, 0.1) is 0 Å². The molecule has 0 aliphatic rings. The molecule has 0 radical (unpaired) electrons. The minimum absolute atomic E-state index is 1.19. The Kier molecular flexibility index (Phi) is 6.59. The zero-order chi connectivity index (χ0) is 23.0. The average Bonchev–Trinajstić information content (AvgIpc) is 2.93. The Labute approximate surface area is 202 Å². The normalized spacial score (nSPS) is 11.3. The summed E-state index contributed by atoms with van der Waals surface area (Å²) >= 11 is 0. The molecular weight excluding hydrogens is 408 g/mol. The van der Waals surface area contributed by atoms with Crippen molar-refractivity contribution in [3.8, 4) is 22.3 Å². The number of benzene rings is 5. The molecule has 0 fully saturated rings. The fourth-order valence-corrected chi connectivity index (χ4v) is 4.14. The third-order valence-electron chi connectivity index (χ3n) is 5.90. The molecule has 0 aromatic heterocycles. The van der Waals surface area contributed by atoms with Crippen LogP contribution >= 0.6 is 0 Å². The van der Waals surface area contributed by atoms with Gasteiger partial charge in [-0.05, 0) is 56.6 Å². The monoisotopic (exact) mass is 434 g/mol. The van der Waals surface area contributed by atoms with E-state index in [1.807, 2.05) is 12.1 Å².